The van der Waals surface area contributed by atoms with Gasteiger partial charge in [-0.3, -0.25) is 4.79 Å². The summed E-state index contributed by atoms with van der Waals surface area (Å²) < 4.78 is 5.76. The Bertz CT molecular complexity index is 304. The number of likely N-dealkylation sites (N-methyl/N-ethyl adjacent to an activating group) is 1. The molecule has 2 aliphatic carbocycles. The first-order chi connectivity index (χ1) is 9.08. The second-order valence-corrected chi connectivity index (χ2v) is 6.29. The topological polar surface area (TPSA) is 49.8 Å². The van der Waals surface area contributed by atoms with Gasteiger partial charge in [0.1, 0.15) is 6.61 Å². The summed E-state index contributed by atoms with van der Waals surface area (Å²) in [6.07, 6.45) is 6.83. The van der Waals surface area contributed by atoms with Crippen molar-refractivity contribution in [2.45, 2.75) is 57.7 Å². The molecule has 0 spiro atoms. The van der Waals surface area contributed by atoms with Crippen LogP contribution in [-0.4, -0.2) is 48.3 Å². The Morgan fingerprint density at radius 1 is 1.32 bits per heavy atom. The van der Waals surface area contributed by atoms with Crippen LogP contribution in [0.5, 0.6) is 0 Å². The van der Waals surface area contributed by atoms with Crippen molar-refractivity contribution in [3.05, 3.63) is 0 Å². The number of hydrogen-bond donors (Lipinski definition) is 1. The van der Waals surface area contributed by atoms with Crippen molar-refractivity contribution in [3.63, 3.8) is 0 Å². The van der Waals surface area contributed by atoms with E-state index >= 15 is 0 Å². The van der Waals surface area contributed by atoms with E-state index in [2.05, 4.69) is 6.92 Å². The Labute approximate surface area is 116 Å². The number of aliphatic hydroxyl groups is 1. The van der Waals surface area contributed by atoms with Gasteiger partial charge in [-0.1, -0.05) is 19.8 Å². The van der Waals surface area contributed by atoms with E-state index in [0.717, 1.165) is 19.3 Å². The fourth-order valence-corrected chi connectivity index (χ4v) is 2.83. The molecule has 0 heterocycles. The zero-order valence-electron chi connectivity index (χ0n) is 12.2. The van der Waals surface area contributed by atoms with Gasteiger partial charge >= 0.3 is 0 Å². The second-order valence-electron chi connectivity index (χ2n) is 6.29. The van der Waals surface area contributed by atoms with Crippen LogP contribution in [0.25, 0.3) is 0 Å². The first kappa shape index (κ1) is 14.8. The number of amides is 1. The summed E-state index contributed by atoms with van der Waals surface area (Å²) in [6.45, 7) is 2.80. The molecule has 2 saturated carbocycles. The number of hydrogen-bond acceptors (Lipinski definition) is 3. The zero-order chi connectivity index (χ0) is 13.8. The molecule has 0 aromatic rings. The van der Waals surface area contributed by atoms with E-state index in [0.29, 0.717) is 18.4 Å². The van der Waals surface area contributed by atoms with E-state index in [9.17, 15) is 9.90 Å². The van der Waals surface area contributed by atoms with Crippen LogP contribution in [0.3, 0.4) is 0 Å². The van der Waals surface area contributed by atoms with Gasteiger partial charge < -0.3 is 14.7 Å². The van der Waals surface area contributed by atoms with Gasteiger partial charge in [-0.25, -0.2) is 0 Å². The molecule has 0 radical (unpaired) electrons. The van der Waals surface area contributed by atoms with Crippen LogP contribution in [0.2, 0.25) is 0 Å². The molecule has 0 aromatic heterocycles. The fourth-order valence-electron chi connectivity index (χ4n) is 2.83. The minimum absolute atomic E-state index is 0.0162. The molecule has 2 rings (SSSR count). The highest BCUT2D eigenvalue weighted by Crippen LogP contribution is 2.32. The molecular weight excluding hydrogens is 242 g/mol. The maximum atomic E-state index is 12.0. The van der Waals surface area contributed by atoms with Crippen molar-refractivity contribution in [2.24, 2.45) is 11.8 Å². The van der Waals surface area contributed by atoms with Gasteiger partial charge in [-0.15, -0.1) is 0 Å². The van der Waals surface area contributed by atoms with Crippen molar-refractivity contribution in [3.8, 4) is 0 Å². The summed E-state index contributed by atoms with van der Waals surface area (Å²) in [7, 11) is 1.75. The highest BCUT2D eigenvalue weighted by molar-refractivity contribution is 5.77. The average Bonchev–Trinajstić information content (AvgIpc) is 3.21. The lowest BCUT2D eigenvalue weighted by molar-refractivity contribution is -0.140. The normalized spacial score (nSPS) is 29.0. The Hall–Kier alpha value is -0.610. The standard InChI is InChI=1S/C15H27NO3/c1-11-5-3-4-6-14(11)19-10-15(18)16(2)9-13(17)12-7-8-12/h11-14,17H,3-10H2,1-2H3. The maximum absolute atomic E-state index is 12.0. The van der Waals surface area contributed by atoms with E-state index in [1.54, 1.807) is 11.9 Å². The SMILES string of the molecule is CC1CCCCC1OCC(=O)N(C)CC(O)C1CC1. The van der Waals surface area contributed by atoms with Gasteiger partial charge in [0.15, 0.2) is 0 Å². The third kappa shape index (κ3) is 4.46. The van der Waals surface area contributed by atoms with Crippen molar-refractivity contribution in [2.75, 3.05) is 20.2 Å². The van der Waals surface area contributed by atoms with Gasteiger partial charge in [0.25, 0.3) is 0 Å². The second kappa shape index (κ2) is 6.71. The third-order valence-corrected chi connectivity index (χ3v) is 4.51. The van der Waals surface area contributed by atoms with Crippen LogP contribution >= 0.6 is 0 Å². The number of aliphatic hydroxyl groups excluding tert-OH is 1. The van der Waals surface area contributed by atoms with Crippen LogP contribution in [0.4, 0.5) is 0 Å². The van der Waals surface area contributed by atoms with Crippen LogP contribution < -0.4 is 0 Å². The van der Waals surface area contributed by atoms with Crippen molar-refractivity contribution in [1.29, 1.82) is 0 Å². The summed E-state index contributed by atoms with van der Waals surface area (Å²) in [5.41, 5.74) is 0. The highest BCUT2D eigenvalue weighted by Gasteiger charge is 2.31. The number of carbonyl (C=O) groups is 1. The number of rotatable bonds is 6. The van der Waals surface area contributed by atoms with Crippen LogP contribution in [0, 0.1) is 11.8 Å². The first-order valence-electron chi connectivity index (χ1n) is 7.61. The molecule has 4 nitrogen and oxygen atoms in total. The first-order valence-corrected chi connectivity index (χ1v) is 7.61. The molecule has 0 aromatic carbocycles. The summed E-state index contributed by atoms with van der Waals surface area (Å²) >= 11 is 0. The van der Waals surface area contributed by atoms with Crippen molar-refractivity contribution >= 4 is 5.91 Å². The number of ether oxygens (including phenoxy) is 1. The van der Waals surface area contributed by atoms with Crippen LogP contribution in [-0.2, 0) is 9.53 Å². The molecule has 1 amide bonds. The monoisotopic (exact) mass is 269 g/mol. The van der Waals surface area contributed by atoms with Crippen LogP contribution in [0.1, 0.15) is 45.4 Å². The number of nitrogens with zero attached hydrogens (tertiary/aromatic N) is 1. The molecule has 3 unspecified atom stereocenters. The van der Waals surface area contributed by atoms with Gasteiger partial charge in [-0.05, 0) is 37.5 Å². The predicted molar refractivity (Wildman–Crippen MR) is 73.7 cm³/mol. The Kier molecular flexibility index (Phi) is 5.22. The Morgan fingerprint density at radius 3 is 2.63 bits per heavy atom. The lowest BCUT2D eigenvalue weighted by atomic mass is 9.88. The van der Waals surface area contributed by atoms with Crippen molar-refractivity contribution < 1.29 is 14.6 Å². The van der Waals surface area contributed by atoms with E-state index in [1.165, 1.54) is 19.3 Å². The minimum Gasteiger partial charge on any atom is -0.391 e. The van der Waals surface area contributed by atoms with E-state index in [4.69, 9.17) is 4.74 Å². The average molecular weight is 269 g/mol. The van der Waals surface area contributed by atoms with Gasteiger partial charge in [-0.2, -0.15) is 0 Å². The predicted octanol–water partition coefficient (Wildman–Crippen LogP) is 1.81. The molecule has 110 valence electrons. The molecule has 2 aliphatic rings. The molecule has 2 fully saturated rings. The van der Waals surface area contributed by atoms with Gasteiger partial charge in [0.05, 0.1) is 12.2 Å². The maximum Gasteiger partial charge on any atom is 0.248 e. The largest absolute Gasteiger partial charge is 0.391 e. The van der Waals surface area contributed by atoms with Gasteiger partial charge in [0, 0.05) is 13.6 Å². The Morgan fingerprint density at radius 2 is 2.00 bits per heavy atom. The summed E-state index contributed by atoms with van der Waals surface area (Å²) in [5, 5.41) is 9.83. The lowest BCUT2D eigenvalue weighted by Gasteiger charge is -2.29. The summed E-state index contributed by atoms with van der Waals surface area (Å²) in [4.78, 5) is 13.6. The quantitative estimate of drug-likeness (QED) is 0.800. The van der Waals surface area contributed by atoms with E-state index in [-0.39, 0.29) is 24.7 Å². The molecule has 3 atom stereocenters. The summed E-state index contributed by atoms with van der Waals surface area (Å²) in [5.74, 6) is 0.955. The number of carbonyl (C=O) groups excluding carboxylic acids is 1. The molecular formula is C15H27NO3. The molecule has 0 bridgehead atoms. The van der Waals surface area contributed by atoms with E-state index in [1.807, 2.05) is 0 Å². The molecule has 0 aliphatic heterocycles. The third-order valence-electron chi connectivity index (χ3n) is 4.51. The fraction of sp³-hybridized carbons (Fsp3) is 0.933. The highest BCUT2D eigenvalue weighted by atomic mass is 16.5. The molecule has 19 heavy (non-hydrogen) atoms. The Balaban J connectivity index is 1.67. The van der Waals surface area contributed by atoms with E-state index < -0.39 is 0 Å². The lowest BCUT2D eigenvalue weighted by Crippen LogP contribution is -2.39. The van der Waals surface area contributed by atoms with Crippen molar-refractivity contribution in [1.82, 2.24) is 4.90 Å². The molecule has 0 saturated heterocycles. The molecule has 4 heteroatoms. The molecule has 1 N–H and O–H groups in total. The minimum atomic E-state index is -0.359. The zero-order valence-corrected chi connectivity index (χ0v) is 12.2. The smallest absolute Gasteiger partial charge is 0.248 e. The van der Waals surface area contributed by atoms with Crippen LogP contribution in [0.15, 0.2) is 0 Å². The van der Waals surface area contributed by atoms with Gasteiger partial charge in [0.2, 0.25) is 5.91 Å². The summed E-state index contributed by atoms with van der Waals surface area (Å²) in [6, 6.07) is 0.